The van der Waals surface area contributed by atoms with Gasteiger partial charge in [-0.05, 0) is 18.9 Å². The van der Waals surface area contributed by atoms with E-state index in [2.05, 4.69) is 5.32 Å². The van der Waals surface area contributed by atoms with Crippen LogP contribution in [0.4, 0.5) is 0 Å². The number of amides is 1. The van der Waals surface area contributed by atoms with Gasteiger partial charge in [0.05, 0.1) is 12.5 Å². The molecule has 2 atom stereocenters. The molecule has 0 radical (unpaired) electrons. The normalized spacial score (nSPS) is 19.6. The van der Waals surface area contributed by atoms with E-state index in [9.17, 15) is 4.79 Å². The third-order valence-corrected chi connectivity index (χ3v) is 3.34. The lowest BCUT2D eigenvalue weighted by Crippen LogP contribution is -2.40. The molecule has 98 valence electrons. The van der Waals surface area contributed by atoms with Gasteiger partial charge in [0, 0.05) is 18.2 Å². The molecule has 1 aliphatic rings. The zero-order chi connectivity index (χ0) is 13.0. The molecule has 1 aliphatic heterocycles. The highest BCUT2D eigenvalue weighted by Gasteiger charge is 2.27. The summed E-state index contributed by atoms with van der Waals surface area (Å²) in [6, 6.07) is 7.76. The van der Waals surface area contributed by atoms with E-state index in [0.717, 1.165) is 24.2 Å². The number of nitrogens with two attached hydrogens (primary N) is 1. The van der Waals surface area contributed by atoms with Gasteiger partial charge < -0.3 is 15.8 Å². The van der Waals surface area contributed by atoms with Crippen LogP contribution in [0.5, 0.6) is 5.75 Å². The lowest BCUT2D eigenvalue weighted by molar-refractivity contribution is -0.123. The molecule has 18 heavy (non-hydrogen) atoms. The van der Waals surface area contributed by atoms with Crippen molar-refractivity contribution in [2.24, 2.45) is 5.73 Å². The number of rotatable bonds is 4. The van der Waals surface area contributed by atoms with Crippen molar-refractivity contribution in [2.45, 2.75) is 31.7 Å². The maximum absolute atomic E-state index is 12.2. The minimum Gasteiger partial charge on any atom is -0.493 e. The fourth-order valence-corrected chi connectivity index (χ4v) is 2.11. The van der Waals surface area contributed by atoms with E-state index in [0.29, 0.717) is 13.2 Å². The molecule has 0 saturated carbocycles. The first kappa shape index (κ1) is 12.9. The minimum absolute atomic E-state index is 0.0315. The number of fused-ring (bicyclic) bond motifs is 1. The van der Waals surface area contributed by atoms with Crippen LogP contribution in [-0.4, -0.2) is 25.1 Å². The summed E-state index contributed by atoms with van der Waals surface area (Å²) in [4.78, 5) is 12.2. The van der Waals surface area contributed by atoms with Crippen molar-refractivity contribution in [3.63, 3.8) is 0 Å². The van der Waals surface area contributed by atoms with Gasteiger partial charge in [-0.2, -0.15) is 0 Å². The predicted molar refractivity (Wildman–Crippen MR) is 70.6 cm³/mol. The Balaban J connectivity index is 2.04. The second kappa shape index (κ2) is 5.87. The van der Waals surface area contributed by atoms with Crippen LogP contribution < -0.4 is 15.8 Å². The highest BCUT2D eigenvalue weighted by atomic mass is 16.5. The first-order chi connectivity index (χ1) is 8.72. The maximum Gasteiger partial charge on any atom is 0.227 e. The van der Waals surface area contributed by atoms with Gasteiger partial charge in [-0.25, -0.2) is 0 Å². The summed E-state index contributed by atoms with van der Waals surface area (Å²) in [6.07, 6.45) is 1.59. The number of carbonyl (C=O) groups is 1. The Morgan fingerprint density at radius 3 is 3.11 bits per heavy atom. The zero-order valence-electron chi connectivity index (χ0n) is 10.7. The second-order valence-corrected chi connectivity index (χ2v) is 4.64. The molecule has 0 aromatic heterocycles. The molecule has 0 aliphatic carbocycles. The van der Waals surface area contributed by atoms with E-state index in [1.54, 1.807) is 0 Å². The van der Waals surface area contributed by atoms with Crippen molar-refractivity contribution >= 4 is 5.91 Å². The van der Waals surface area contributed by atoms with Crippen LogP contribution in [0, 0.1) is 0 Å². The summed E-state index contributed by atoms with van der Waals surface area (Å²) in [6.45, 7) is 3.14. The molecule has 4 heteroatoms. The molecular weight excluding hydrogens is 228 g/mol. The molecule has 1 aromatic rings. The number of ether oxygens (including phenoxy) is 1. The van der Waals surface area contributed by atoms with Crippen LogP contribution in [0.2, 0.25) is 0 Å². The monoisotopic (exact) mass is 248 g/mol. The number of hydrogen-bond donors (Lipinski definition) is 2. The summed E-state index contributed by atoms with van der Waals surface area (Å²) in [5.74, 6) is 0.761. The zero-order valence-corrected chi connectivity index (χ0v) is 10.7. The van der Waals surface area contributed by atoms with Gasteiger partial charge >= 0.3 is 0 Å². The molecule has 4 nitrogen and oxygen atoms in total. The summed E-state index contributed by atoms with van der Waals surface area (Å²) >= 11 is 0. The maximum atomic E-state index is 12.2. The Morgan fingerprint density at radius 2 is 2.33 bits per heavy atom. The van der Waals surface area contributed by atoms with Crippen LogP contribution in [0.3, 0.4) is 0 Å². The average Bonchev–Trinajstić information content (AvgIpc) is 2.43. The van der Waals surface area contributed by atoms with E-state index < -0.39 is 0 Å². The molecule has 0 spiro atoms. The number of para-hydroxylation sites is 1. The molecule has 1 heterocycles. The van der Waals surface area contributed by atoms with Crippen LogP contribution >= 0.6 is 0 Å². The second-order valence-electron chi connectivity index (χ2n) is 4.64. The lowest BCUT2D eigenvalue weighted by Gasteiger charge is -2.25. The first-order valence-corrected chi connectivity index (χ1v) is 6.47. The van der Waals surface area contributed by atoms with E-state index in [1.807, 2.05) is 31.2 Å². The summed E-state index contributed by atoms with van der Waals surface area (Å²) in [5, 5.41) is 2.92. The van der Waals surface area contributed by atoms with Gasteiger partial charge in [-0.3, -0.25) is 4.79 Å². The quantitative estimate of drug-likeness (QED) is 0.846. The fraction of sp³-hybridized carbons (Fsp3) is 0.500. The van der Waals surface area contributed by atoms with Gasteiger partial charge in [-0.1, -0.05) is 25.1 Å². The van der Waals surface area contributed by atoms with Gasteiger partial charge in [0.1, 0.15) is 5.75 Å². The fourth-order valence-electron chi connectivity index (χ4n) is 2.11. The van der Waals surface area contributed by atoms with Crippen molar-refractivity contribution in [1.82, 2.24) is 5.32 Å². The van der Waals surface area contributed by atoms with Crippen LogP contribution in [0.1, 0.15) is 31.2 Å². The van der Waals surface area contributed by atoms with E-state index in [1.165, 1.54) is 0 Å². The number of carbonyl (C=O) groups excluding carboxylic acids is 1. The topological polar surface area (TPSA) is 64.3 Å². The predicted octanol–water partition coefficient (Wildman–Crippen LogP) is 1.41. The third-order valence-electron chi connectivity index (χ3n) is 3.34. The number of benzene rings is 1. The van der Waals surface area contributed by atoms with Gasteiger partial charge in [-0.15, -0.1) is 0 Å². The third kappa shape index (κ3) is 2.82. The molecule has 2 unspecified atom stereocenters. The van der Waals surface area contributed by atoms with E-state index in [4.69, 9.17) is 10.5 Å². The van der Waals surface area contributed by atoms with Crippen molar-refractivity contribution in [1.29, 1.82) is 0 Å². The van der Waals surface area contributed by atoms with Crippen molar-refractivity contribution in [3.8, 4) is 5.75 Å². The summed E-state index contributed by atoms with van der Waals surface area (Å²) in [7, 11) is 0. The van der Waals surface area contributed by atoms with Gasteiger partial charge in [0.15, 0.2) is 0 Å². The van der Waals surface area contributed by atoms with E-state index >= 15 is 0 Å². The smallest absolute Gasteiger partial charge is 0.227 e. The Morgan fingerprint density at radius 1 is 1.56 bits per heavy atom. The molecule has 0 bridgehead atoms. The van der Waals surface area contributed by atoms with Gasteiger partial charge in [0.2, 0.25) is 5.91 Å². The van der Waals surface area contributed by atoms with Crippen molar-refractivity contribution in [3.05, 3.63) is 29.8 Å². The standard InChI is InChI=1S/C14H20N2O2/c1-2-10(15)9-16-14(17)12-7-8-18-13-6-4-3-5-11(12)13/h3-6,10,12H,2,7-9,15H2,1H3,(H,16,17). The molecule has 0 fully saturated rings. The largest absolute Gasteiger partial charge is 0.493 e. The number of nitrogens with one attached hydrogen (secondary N) is 1. The van der Waals surface area contributed by atoms with E-state index in [-0.39, 0.29) is 17.9 Å². The molecule has 3 N–H and O–H groups in total. The Labute approximate surface area is 108 Å². The van der Waals surface area contributed by atoms with Crippen LogP contribution in [0.25, 0.3) is 0 Å². The Kier molecular flexibility index (Phi) is 4.20. The highest BCUT2D eigenvalue weighted by molar-refractivity contribution is 5.84. The number of hydrogen-bond acceptors (Lipinski definition) is 3. The average molecular weight is 248 g/mol. The lowest BCUT2D eigenvalue weighted by atomic mass is 9.92. The van der Waals surface area contributed by atoms with Crippen LogP contribution in [0.15, 0.2) is 24.3 Å². The molecule has 0 saturated heterocycles. The van der Waals surface area contributed by atoms with Gasteiger partial charge in [0.25, 0.3) is 0 Å². The summed E-state index contributed by atoms with van der Waals surface area (Å²) in [5.41, 5.74) is 6.78. The Hall–Kier alpha value is -1.55. The molecule has 1 aromatic carbocycles. The highest BCUT2D eigenvalue weighted by Crippen LogP contribution is 2.33. The summed E-state index contributed by atoms with van der Waals surface area (Å²) < 4.78 is 5.55. The Bertz CT molecular complexity index is 420. The first-order valence-electron chi connectivity index (χ1n) is 6.47. The van der Waals surface area contributed by atoms with Crippen LogP contribution in [-0.2, 0) is 4.79 Å². The molecule has 1 amide bonds. The minimum atomic E-state index is -0.112. The SMILES string of the molecule is CCC(N)CNC(=O)C1CCOc2ccccc21. The van der Waals surface area contributed by atoms with Crippen molar-refractivity contribution < 1.29 is 9.53 Å². The molecule has 2 rings (SSSR count). The van der Waals surface area contributed by atoms with Crippen molar-refractivity contribution in [2.75, 3.05) is 13.2 Å². The molecular formula is C14H20N2O2.